The van der Waals surface area contributed by atoms with Crippen LogP contribution in [0.4, 0.5) is 14.3 Å². The number of ketones is 1. The average molecular weight is 333 g/mol. The molecule has 1 aliphatic heterocycles. The van der Waals surface area contributed by atoms with Crippen molar-refractivity contribution in [3.8, 4) is 0 Å². The molecule has 0 bridgehead atoms. The molecule has 0 saturated carbocycles. The summed E-state index contributed by atoms with van der Waals surface area (Å²) < 4.78 is 12.9. The Morgan fingerprint density at radius 3 is 2.61 bits per heavy atom. The van der Waals surface area contributed by atoms with Crippen molar-refractivity contribution in [3.05, 3.63) is 46.2 Å². The SMILES string of the molecule is CC(=O)c1sc(N2CCN(Cc3ccc(F)cc3)C2=O)nc1C. The summed E-state index contributed by atoms with van der Waals surface area (Å²) in [4.78, 5) is 32.3. The lowest BCUT2D eigenvalue weighted by molar-refractivity contribution is 0.102. The molecule has 0 N–H and O–H groups in total. The Morgan fingerprint density at radius 1 is 1.30 bits per heavy atom. The van der Waals surface area contributed by atoms with Crippen LogP contribution in [0, 0.1) is 12.7 Å². The lowest BCUT2D eigenvalue weighted by atomic mass is 10.2. The fraction of sp³-hybridized carbons (Fsp3) is 0.312. The van der Waals surface area contributed by atoms with Crippen LogP contribution in [-0.2, 0) is 6.54 Å². The Bertz CT molecular complexity index is 757. The molecule has 7 heteroatoms. The van der Waals surface area contributed by atoms with E-state index in [1.807, 2.05) is 0 Å². The quantitative estimate of drug-likeness (QED) is 0.807. The Balaban J connectivity index is 1.75. The Kier molecular flexibility index (Phi) is 4.12. The molecular formula is C16H16FN3O2S. The first-order chi connectivity index (χ1) is 11.0. The fourth-order valence-electron chi connectivity index (χ4n) is 2.54. The van der Waals surface area contributed by atoms with Gasteiger partial charge in [0.2, 0.25) is 0 Å². The molecule has 2 amide bonds. The lowest BCUT2D eigenvalue weighted by Crippen LogP contribution is -2.31. The molecule has 1 saturated heterocycles. The highest BCUT2D eigenvalue weighted by atomic mass is 32.1. The van der Waals surface area contributed by atoms with Gasteiger partial charge in [0.1, 0.15) is 5.82 Å². The standard InChI is InChI=1S/C16H16FN3O2S/c1-10-14(11(2)21)23-15(18-10)20-8-7-19(16(20)22)9-12-3-5-13(17)6-4-12/h3-6H,7-9H2,1-2H3. The van der Waals surface area contributed by atoms with Crippen molar-refractivity contribution >= 4 is 28.3 Å². The summed E-state index contributed by atoms with van der Waals surface area (Å²) in [5.41, 5.74) is 1.53. The molecule has 0 radical (unpaired) electrons. The van der Waals surface area contributed by atoms with Crippen LogP contribution in [-0.4, -0.2) is 34.8 Å². The summed E-state index contributed by atoms with van der Waals surface area (Å²) in [6.07, 6.45) is 0. The van der Waals surface area contributed by atoms with Crippen molar-refractivity contribution in [2.24, 2.45) is 0 Å². The van der Waals surface area contributed by atoms with Gasteiger partial charge in [-0.2, -0.15) is 0 Å². The molecule has 0 atom stereocenters. The summed E-state index contributed by atoms with van der Waals surface area (Å²) >= 11 is 1.25. The second kappa shape index (κ2) is 6.08. The van der Waals surface area contributed by atoms with Gasteiger partial charge in [-0.25, -0.2) is 14.2 Å². The topological polar surface area (TPSA) is 53.5 Å². The largest absolute Gasteiger partial charge is 0.326 e. The number of carbonyl (C=O) groups is 2. The maximum atomic E-state index is 12.9. The third-order valence-electron chi connectivity index (χ3n) is 3.72. The maximum absolute atomic E-state index is 12.9. The summed E-state index contributed by atoms with van der Waals surface area (Å²) in [6.45, 7) is 4.80. The van der Waals surface area contributed by atoms with Crippen LogP contribution in [0.2, 0.25) is 0 Å². The average Bonchev–Trinajstić information content (AvgIpc) is 3.05. The number of hydrogen-bond acceptors (Lipinski definition) is 4. The molecular weight excluding hydrogens is 317 g/mol. The zero-order valence-electron chi connectivity index (χ0n) is 12.9. The molecule has 1 fully saturated rings. The smallest absolute Gasteiger partial charge is 0.318 e. The van der Waals surface area contributed by atoms with Gasteiger partial charge in [-0.05, 0) is 24.6 Å². The van der Waals surface area contributed by atoms with Crippen molar-refractivity contribution in [1.82, 2.24) is 9.88 Å². The first-order valence-electron chi connectivity index (χ1n) is 7.25. The number of aryl methyl sites for hydroxylation is 1. The zero-order valence-corrected chi connectivity index (χ0v) is 13.7. The van der Waals surface area contributed by atoms with E-state index in [4.69, 9.17) is 0 Å². The number of amides is 2. The van der Waals surface area contributed by atoms with Gasteiger partial charge in [-0.3, -0.25) is 9.69 Å². The summed E-state index contributed by atoms with van der Waals surface area (Å²) in [7, 11) is 0. The highest BCUT2D eigenvalue weighted by Gasteiger charge is 2.32. The molecule has 1 aromatic carbocycles. The van der Waals surface area contributed by atoms with Crippen LogP contribution in [0.5, 0.6) is 0 Å². The summed E-state index contributed by atoms with van der Waals surface area (Å²) in [5.74, 6) is -0.334. The number of urea groups is 1. The van der Waals surface area contributed by atoms with E-state index >= 15 is 0 Å². The zero-order chi connectivity index (χ0) is 16.6. The molecule has 3 rings (SSSR count). The number of hydrogen-bond donors (Lipinski definition) is 0. The van der Waals surface area contributed by atoms with Crippen LogP contribution in [0.1, 0.15) is 27.9 Å². The van der Waals surface area contributed by atoms with Gasteiger partial charge in [-0.15, -0.1) is 0 Å². The van der Waals surface area contributed by atoms with Crippen LogP contribution in [0.15, 0.2) is 24.3 Å². The van der Waals surface area contributed by atoms with Gasteiger partial charge < -0.3 is 4.90 Å². The van der Waals surface area contributed by atoms with Crippen molar-refractivity contribution < 1.29 is 14.0 Å². The monoisotopic (exact) mass is 333 g/mol. The van der Waals surface area contributed by atoms with Crippen molar-refractivity contribution in [3.63, 3.8) is 0 Å². The second-order valence-electron chi connectivity index (χ2n) is 5.45. The minimum absolute atomic E-state index is 0.0407. The van der Waals surface area contributed by atoms with Gasteiger partial charge in [0.15, 0.2) is 10.9 Å². The predicted octanol–water partition coefficient (Wildman–Crippen LogP) is 3.24. The number of benzene rings is 1. The Morgan fingerprint density at radius 2 is 2.00 bits per heavy atom. The second-order valence-corrected chi connectivity index (χ2v) is 6.43. The number of rotatable bonds is 4. The molecule has 23 heavy (non-hydrogen) atoms. The maximum Gasteiger partial charge on any atom is 0.326 e. The van der Waals surface area contributed by atoms with E-state index in [1.165, 1.54) is 30.4 Å². The molecule has 2 heterocycles. The normalized spacial score (nSPS) is 14.7. The number of halogens is 1. The summed E-state index contributed by atoms with van der Waals surface area (Å²) in [5, 5.41) is 0.555. The number of carbonyl (C=O) groups excluding carboxylic acids is 2. The lowest BCUT2D eigenvalue weighted by Gasteiger charge is -2.16. The van der Waals surface area contributed by atoms with E-state index in [0.29, 0.717) is 35.3 Å². The predicted molar refractivity (Wildman–Crippen MR) is 86.4 cm³/mol. The van der Waals surface area contributed by atoms with E-state index in [2.05, 4.69) is 4.98 Å². The molecule has 5 nitrogen and oxygen atoms in total. The van der Waals surface area contributed by atoms with E-state index in [1.54, 1.807) is 28.9 Å². The van der Waals surface area contributed by atoms with E-state index in [0.717, 1.165) is 5.56 Å². The third-order valence-corrected chi connectivity index (χ3v) is 5.00. The molecule has 120 valence electrons. The summed E-state index contributed by atoms with van der Waals surface area (Å²) in [6, 6.07) is 5.98. The molecule has 0 spiro atoms. The number of aromatic nitrogens is 1. The van der Waals surface area contributed by atoms with Crippen LogP contribution in [0.25, 0.3) is 0 Å². The van der Waals surface area contributed by atoms with Gasteiger partial charge in [0.25, 0.3) is 0 Å². The van der Waals surface area contributed by atoms with E-state index in [9.17, 15) is 14.0 Å². The Hall–Kier alpha value is -2.28. The van der Waals surface area contributed by atoms with Crippen LogP contribution in [0.3, 0.4) is 0 Å². The van der Waals surface area contributed by atoms with Gasteiger partial charge in [0, 0.05) is 26.6 Å². The van der Waals surface area contributed by atoms with Crippen LogP contribution < -0.4 is 4.90 Å². The van der Waals surface area contributed by atoms with Crippen molar-refractivity contribution in [2.75, 3.05) is 18.0 Å². The van der Waals surface area contributed by atoms with Crippen LogP contribution >= 0.6 is 11.3 Å². The molecule has 1 aromatic heterocycles. The van der Waals surface area contributed by atoms with Crippen molar-refractivity contribution in [1.29, 1.82) is 0 Å². The third kappa shape index (κ3) is 3.10. The van der Waals surface area contributed by atoms with E-state index in [-0.39, 0.29) is 17.6 Å². The molecule has 1 aliphatic rings. The highest BCUT2D eigenvalue weighted by molar-refractivity contribution is 7.17. The molecule has 2 aromatic rings. The fourth-order valence-corrected chi connectivity index (χ4v) is 3.52. The van der Waals surface area contributed by atoms with Gasteiger partial charge in [-0.1, -0.05) is 23.5 Å². The van der Waals surface area contributed by atoms with Gasteiger partial charge >= 0.3 is 6.03 Å². The Labute approximate surface area is 137 Å². The van der Waals surface area contributed by atoms with E-state index < -0.39 is 0 Å². The number of nitrogens with zero attached hydrogens (tertiary/aromatic N) is 3. The minimum atomic E-state index is -0.293. The first kappa shape index (κ1) is 15.6. The molecule has 0 aliphatic carbocycles. The number of anilines is 1. The number of Topliss-reactive ketones (excluding diaryl/α,β-unsaturated/α-hetero) is 1. The molecule has 0 unspecified atom stereocenters. The van der Waals surface area contributed by atoms with Crippen molar-refractivity contribution in [2.45, 2.75) is 20.4 Å². The highest BCUT2D eigenvalue weighted by Crippen LogP contribution is 2.29. The minimum Gasteiger partial charge on any atom is -0.318 e. The first-order valence-corrected chi connectivity index (χ1v) is 8.06. The number of thiazole rings is 1. The van der Waals surface area contributed by atoms with Gasteiger partial charge in [0.05, 0.1) is 10.6 Å².